The molecule has 0 unspecified atom stereocenters. The van der Waals surface area contributed by atoms with E-state index in [9.17, 15) is 0 Å². The summed E-state index contributed by atoms with van der Waals surface area (Å²) in [5, 5.41) is 12.2. The second-order valence-electron chi connectivity index (χ2n) is 14.9. The Balaban J connectivity index is 1.02. The van der Waals surface area contributed by atoms with E-state index in [1.165, 1.54) is 59.7 Å². The van der Waals surface area contributed by atoms with Gasteiger partial charge < -0.3 is 13.9 Å². The predicted molar refractivity (Wildman–Crippen MR) is 241 cm³/mol. The average molecular weight is 727 g/mol. The third-order valence-corrected chi connectivity index (χ3v) is 11.7. The summed E-state index contributed by atoms with van der Waals surface area (Å²) in [6.07, 6.45) is 0. The van der Waals surface area contributed by atoms with Crippen molar-refractivity contribution in [3.05, 3.63) is 206 Å². The van der Waals surface area contributed by atoms with Crippen molar-refractivity contribution < 1.29 is 4.42 Å². The summed E-state index contributed by atoms with van der Waals surface area (Å²) in [6.45, 7) is 0. The molecule has 10 aromatic carbocycles. The molecule has 12 aromatic rings. The number of hydrogen-bond donors (Lipinski definition) is 0. The predicted octanol–water partition coefficient (Wildman–Crippen LogP) is 15.3. The molecule has 0 saturated heterocycles. The van der Waals surface area contributed by atoms with E-state index >= 15 is 0 Å². The molecule has 0 fully saturated rings. The quantitative estimate of drug-likeness (QED) is 0.165. The zero-order valence-electron chi connectivity index (χ0n) is 30.9. The van der Waals surface area contributed by atoms with E-state index in [4.69, 9.17) is 4.42 Å². The number of nitrogens with zero attached hydrogens (tertiary/aromatic N) is 2. The Morgan fingerprint density at radius 1 is 0.316 bits per heavy atom. The Hall–Kier alpha value is -7.62. The molecule has 0 amide bonds. The van der Waals surface area contributed by atoms with Gasteiger partial charge in [0.05, 0.1) is 11.0 Å². The van der Waals surface area contributed by atoms with E-state index in [0.717, 1.165) is 50.2 Å². The van der Waals surface area contributed by atoms with Crippen LogP contribution in [0.2, 0.25) is 0 Å². The molecule has 0 atom stereocenters. The fraction of sp³-hybridized carbons (Fsp3) is 0. The van der Waals surface area contributed by atoms with Crippen LogP contribution in [0.15, 0.2) is 211 Å². The SMILES string of the molecule is c1ccc(-c2ccc3c(ccc4c5ccc(N(c6ccccc6)c6ccc7c8ccccc8n(-c8ccc9oc%10ccccc%10c9c8)c7c6)cc5ccc34)c2)cc1. The van der Waals surface area contributed by atoms with Crippen LogP contribution in [0.4, 0.5) is 17.1 Å². The minimum Gasteiger partial charge on any atom is -0.456 e. The molecule has 266 valence electrons. The van der Waals surface area contributed by atoms with Crippen molar-refractivity contribution in [3.8, 4) is 16.8 Å². The van der Waals surface area contributed by atoms with Gasteiger partial charge in [0.25, 0.3) is 0 Å². The van der Waals surface area contributed by atoms with Gasteiger partial charge in [0, 0.05) is 44.3 Å². The van der Waals surface area contributed by atoms with Gasteiger partial charge in [-0.3, -0.25) is 0 Å². The van der Waals surface area contributed by atoms with Gasteiger partial charge in [-0.1, -0.05) is 133 Å². The van der Waals surface area contributed by atoms with Crippen LogP contribution >= 0.6 is 0 Å². The minimum absolute atomic E-state index is 0.895. The molecule has 0 aliphatic heterocycles. The highest BCUT2D eigenvalue weighted by molar-refractivity contribution is 6.18. The lowest BCUT2D eigenvalue weighted by molar-refractivity contribution is 0.669. The molecule has 0 aliphatic carbocycles. The summed E-state index contributed by atoms with van der Waals surface area (Å²) >= 11 is 0. The number of aromatic nitrogens is 1. The lowest BCUT2D eigenvalue weighted by Gasteiger charge is -2.26. The lowest BCUT2D eigenvalue weighted by atomic mass is 9.94. The van der Waals surface area contributed by atoms with E-state index in [-0.39, 0.29) is 0 Å². The van der Waals surface area contributed by atoms with Crippen LogP contribution in [0, 0.1) is 0 Å². The van der Waals surface area contributed by atoms with E-state index in [1.54, 1.807) is 0 Å². The van der Waals surface area contributed by atoms with Gasteiger partial charge in [-0.05, 0) is 116 Å². The van der Waals surface area contributed by atoms with Crippen LogP contribution in [0.25, 0.3) is 92.9 Å². The molecular weight excluding hydrogens is 693 g/mol. The molecular formula is C54H34N2O. The topological polar surface area (TPSA) is 21.3 Å². The maximum Gasteiger partial charge on any atom is 0.135 e. The number of para-hydroxylation sites is 3. The van der Waals surface area contributed by atoms with Crippen molar-refractivity contribution in [1.29, 1.82) is 0 Å². The average Bonchev–Trinajstić information content (AvgIpc) is 3.81. The van der Waals surface area contributed by atoms with Gasteiger partial charge in [-0.15, -0.1) is 0 Å². The van der Waals surface area contributed by atoms with Gasteiger partial charge in [0.15, 0.2) is 0 Å². The fourth-order valence-electron chi connectivity index (χ4n) is 9.08. The second kappa shape index (κ2) is 12.5. The van der Waals surface area contributed by atoms with Crippen LogP contribution in [-0.4, -0.2) is 4.57 Å². The zero-order valence-corrected chi connectivity index (χ0v) is 30.9. The first-order valence-electron chi connectivity index (χ1n) is 19.5. The summed E-state index contributed by atoms with van der Waals surface area (Å²) in [7, 11) is 0. The first kappa shape index (κ1) is 31.7. The summed E-state index contributed by atoms with van der Waals surface area (Å²) in [6, 6.07) is 74.6. The molecule has 57 heavy (non-hydrogen) atoms. The van der Waals surface area contributed by atoms with Crippen LogP contribution in [0.3, 0.4) is 0 Å². The maximum atomic E-state index is 6.22. The number of hydrogen-bond acceptors (Lipinski definition) is 2. The summed E-state index contributed by atoms with van der Waals surface area (Å²) < 4.78 is 8.63. The lowest BCUT2D eigenvalue weighted by Crippen LogP contribution is -2.10. The van der Waals surface area contributed by atoms with Gasteiger partial charge in [0.1, 0.15) is 11.2 Å². The minimum atomic E-state index is 0.895. The van der Waals surface area contributed by atoms with E-state index in [0.29, 0.717) is 0 Å². The normalized spacial score (nSPS) is 11.9. The standard InChI is InChI=1S/C54H34N2O/c1-3-11-35(12-4-1)36-19-25-43-37(31-36)20-26-46-44-28-22-40(32-38(44)21-27-45(43)46)55(39-13-5-2-6-14-39)42-23-29-48-47-15-7-9-17-51(47)56(52(48)34-42)41-24-30-54-50(33-41)49-16-8-10-18-53(49)57-54/h1-34H. The van der Waals surface area contributed by atoms with Gasteiger partial charge in [-0.25, -0.2) is 0 Å². The molecule has 0 spiro atoms. The molecule has 3 heteroatoms. The van der Waals surface area contributed by atoms with Crippen LogP contribution < -0.4 is 4.90 Å². The largest absolute Gasteiger partial charge is 0.456 e. The number of anilines is 3. The van der Waals surface area contributed by atoms with Crippen molar-refractivity contribution in [2.45, 2.75) is 0 Å². The Kier molecular flexibility index (Phi) is 6.93. The van der Waals surface area contributed by atoms with E-state index < -0.39 is 0 Å². The Bertz CT molecular complexity index is 3520. The Labute approximate surface area is 328 Å². The van der Waals surface area contributed by atoms with Crippen molar-refractivity contribution in [2.75, 3.05) is 4.90 Å². The second-order valence-corrected chi connectivity index (χ2v) is 14.9. The molecule has 0 N–H and O–H groups in total. The summed E-state index contributed by atoms with van der Waals surface area (Å²) in [5.74, 6) is 0. The molecule has 2 aromatic heterocycles. The number of benzene rings is 10. The highest BCUT2D eigenvalue weighted by Crippen LogP contribution is 2.42. The van der Waals surface area contributed by atoms with Crippen LogP contribution in [0.1, 0.15) is 0 Å². The molecule has 3 nitrogen and oxygen atoms in total. The summed E-state index contributed by atoms with van der Waals surface area (Å²) in [4.78, 5) is 2.38. The van der Waals surface area contributed by atoms with Crippen LogP contribution in [0.5, 0.6) is 0 Å². The molecule has 2 heterocycles. The third kappa shape index (κ3) is 4.99. The van der Waals surface area contributed by atoms with E-state index in [1.807, 2.05) is 12.1 Å². The highest BCUT2D eigenvalue weighted by atomic mass is 16.3. The molecule has 0 bridgehead atoms. The van der Waals surface area contributed by atoms with Crippen molar-refractivity contribution >= 4 is 93.1 Å². The Morgan fingerprint density at radius 3 is 1.72 bits per heavy atom. The molecule has 0 saturated carbocycles. The Morgan fingerprint density at radius 2 is 0.912 bits per heavy atom. The highest BCUT2D eigenvalue weighted by Gasteiger charge is 2.19. The van der Waals surface area contributed by atoms with Gasteiger partial charge in [-0.2, -0.15) is 0 Å². The maximum absolute atomic E-state index is 6.22. The zero-order chi connectivity index (χ0) is 37.5. The molecule has 12 rings (SSSR count). The van der Waals surface area contributed by atoms with E-state index in [2.05, 4.69) is 204 Å². The van der Waals surface area contributed by atoms with Gasteiger partial charge in [0.2, 0.25) is 0 Å². The summed E-state index contributed by atoms with van der Waals surface area (Å²) in [5.41, 5.74) is 11.0. The first-order valence-corrected chi connectivity index (χ1v) is 19.5. The smallest absolute Gasteiger partial charge is 0.135 e. The van der Waals surface area contributed by atoms with Crippen LogP contribution in [-0.2, 0) is 0 Å². The van der Waals surface area contributed by atoms with Crippen molar-refractivity contribution in [2.24, 2.45) is 0 Å². The third-order valence-electron chi connectivity index (χ3n) is 11.7. The fourth-order valence-corrected chi connectivity index (χ4v) is 9.08. The monoisotopic (exact) mass is 726 g/mol. The van der Waals surface area contributed by atoms with Crippen molar-refractivity contribution in [1.82, 2.24) is 4.57 Å². The van der Waals surface area contributed by atoms with Gasteiger partial charge >= 0.3 is 0 Å². The number of furan rings is 1. The molecule has 0 radical (unpaired) electrons. The number of rotatable bonds is 5. The van der Waals surface area contributed by atoms with Crippen molar-refractivity contribution in [3.63, 3.8) is 0 Å². The molecule has 0 aliphatic rings. The number of fused-ring (bicyclic) bond motifs is 11. The first-order chi connectivity index (χ1) is 28.2.